The van der Waals surface area contributed by atoms with Crippen molar-refractivity contribution in [3.63, 3.8) is 0 Å². The minimum Gasteiger partial charge on any atom is -0.497 e. The molecule has 0 aliphatic rings. The number of amides is 1. The summed E-state index contributed by atoms with van der Waals surface area (Å²) in [6, 6.07) is 13.9. The molecule has 0 saturated carbocycles. The summed E-state index contributed by atoms with van der Waals surface area (Å²) in [5.74, 6) is 1.26. The van der Waals surface area contributed by atoms with E-state index in [2.05, 4.69) is 10.4 Å². The van der Waals surface area contributed by atoms with Gasteiger partial charge in [-0.2, -0.15) is 5.10 Å². The maximum Gasteiger partial charge on any atom is 0.260 e. The van der Waals surface area contributed by atoms with Crippen molar-refractivity contribution in [2.24, 2.45) is 0 Å². The summed E-state index contributed by atoms with van der Waals surface area (Å²) in [6.07, 6.45) is 1.61. The van der Waals surface area contributed by atoms with Crippen LogP contribution in [0, 0.1) is 0 Å². The van der Waals surface area contributed by atoms with Crippen molar-refractivity contribution in [2.45, 2.75) is 0 Å². The van der Waals surface area contributed by atoms with Crippen LogP contribution in [-0.2, 0) is 0 Å². The van der Waals surface area contributed by atoms with Crippen LogP contribution in [0.3, 0.4) is 0 Å². The number of halogens is 1. The average Bonchev–Trinajstić information content (AvgIpc) is 3.09. The Morgan fingerprint density at radius 2 is 1.84 bits per heavy atom. The zero-order valence-corrected chi connectivity index (χ0v) is 14.4. The summed E-state index contributed by atoms with van der Waals surface area (Å²) < 4.78 is 12.0. The van der Waals surface area contributed by atoms with E-state index in [4.69, 9.17) is 21.1 Å². The summed E-state index contributed by atoms with van der Waals surface area (Å²) in [6.45, 7) is 0. The van der Waals surface area contributed by atoms with E-state index in [1.165, 1.54) is 7.11 Å². The highest BCUT2D eigenvalue weighted by Crippen LogP contribution is 2.26. The SMILES string of the molecule is COc1ccc(C(=O)Nc2ccnn2-c2ccc(Cl)cc2)c(OC)c1. The molecule has 3 rings (SSSR count). The number of hydrogen-bond donors (Lipinski definition) is 1. The van der Waals surface area contributed by atoms with E-state index < -0.39 is 0 Å². The molecule has 128 valence electrons. The zero-order chi connectivity index (χ0) is 17.8. The van der Waals surface area contributed by atoms with Gasteiger partial charge in [-0.25, -0.2) is 4.68 Å². The minimum atomic E-state index is -0.310. The van der Waals surface area contributed by atoms with Gasteiger partial charge in [0.1, 0.15) is 17.3 Å². The zero-order valence-electron chi connectivity index (χ0n) is 13.7. The molecule has 0 atom stereocenters. The molecule has 3 aromatic rings. The third kappa shape index (κ3) is 3.59. The van der Waals surface area contributed by atoms with Crippen LogP contribution in [0.2, 0.25) is 5.02 Å². The van der Waals surface area contributed by atoms with Crippen LogP contribution in [0.1, 0.15) is 10.4 Å². The van der Waals surface area contributed by atoms with Gasteiger partial charge in [0, 0.05) is 17.2 Å². The van der Waals surface area contributed by atoms with Gasteiger partial charge in [-0.05, 0) is 36.4 Å². The molecule has 0 radical (unpaired) electrons. The second kappa shape index (κ2) is 7.27. The van der Waals surface area contributed by atoms with E-state index >= 15 is 0 Å². The molecule has 0 unspecified atom stereocenters. The Balaban J connectivity index is 1.87. The second-order valence-corrected chi connectivity index (χ2v) is 5.56. The first-order valence-electron chi connectivity index (χ1n) is 7.45. The van der Waals surface area contributed by atoms with Crippen LogP contribution in [-0.4, -0.2) is 29.9 Å². The van der Waals surface area contributed by atoms with Crippen molar-refractivity contribution in [3.8, 4) is 17.2 Å². The lowest BCUT2D eigenvalue weighted by Crippen LogP contribution is -2.16. The van der Waals surface area contributed by atoms with Gasteiger partial charge in [0.25, 0.3) is 5.91 Å². The number of carbonyl (C=O) groups is 1. The molecular weight excluding hydrogens is 342 g/mol. The van der Waals surface area contributed by atoms with Crippen molar-refractivity contribution in [3.05, 3.63) is 65.3 Å². The molecule has 2 aromatic carbocycles. The first kappa shape index (κ1) is 16.9. The number of nitrogens with one attached hydrogen (secondary N) is 1. The summed E-state index contributed by atoms with van der Waals surface area (Å²) >= 11 is 5.91. The van der Waals surface area contributed by atoms with Crippen molar-refractivity contribution in [2.75, 3.05) is 19.5 Å². The Morgan fingerprint density at radius 3 is 2.52 bits per heavy atom. The Bertz CT molecular complexity index is 891. The Kier molecular flexibility index (Phi) is 4.90. The summed E-state index contributed by atoms with van der Waals surface area (Å²) in [5.41, 5.74) is 1.18. The number of methoxy groups -OCH3 is 2. The molecule has 1 N–H and O–H groups in total. The predicted octanol–water partition coefficient (Wildman–Crippen LogP) is 3.80. The van der Waals surface area contributed by atoms with Crippen molar-refractivity contribution >= 4 is 23.3 Å². The van der Waals surface area contributed by atoms with Crippen molar-refractivity contribution in [1.82, 2.24) is 9.78 Å². The monoisotopic (exact) mass is 357 g/mol. The van der Waals surface area contributed by atoms with Crippen LogP contribution in [0.4, 0.5) is 5.82 Å². The average molecular weight is 358 g/mol. The lowest BCUT2D eigenvalue weighted by atomic mass is 10.1. The smallest absolute Gasteiger partial charge is 0.260 e. The van der Waals surface area contributed by atoms with Gasteiger partial charge >= 0.3 is 0 Å². The Labute approximate surface area is 149 Å². The van der Waals surface area contributed by atoms with Crippen LogP contribution in [0.25, 0.3) is 5.69 Å². The van der Waals surface area contributed by atoms with Crippen LogP contribution < -0.4 is 14.8 Å². The predicted molar refractivity (Wildman–Crippen MR) is 96.1 cm³/mol. The summed E-state index contributed by atoms with van der Waals surface area (Å²) in [5, 5.41) is 7.71. The van der Waals surface area contributed by atoms with E-state index in [0.29, 0.717) is 27.9 Å². The molecular formula is C18H16ClN3O3. The van der Waals surface area contributed by atoms with Gasteiger partial charge < -0.3 is 14.8 Å². The number of carbonyl (C=O) groups excluding carboxylic acids is 1. The van der Waals surface area contributed by atoms with E-state index in [-0.39, 0.29) is 5.91 Å². The van der Waals surface area contributed by atoms with Gasteiger partial charge in [-0.15, -0.1) is 0 Å². The lowest BCUT2D eigenvalue weighted by molar-refractivity contribution is 0.102. The standard InChI is InChI=1S/C18H16ClN3O3/c1-24-14-7-8-15(16(11-14)25-2)18(23)21-17-9-10-20-22(17)13-5-3-12(19)4-6-13/h3-11H,1-2H3,(H,21,23). The number of anilines is 1. The lowest BCUT2D eigenvalue weighted by Gasteiger charge is -2.12. The van der Waals surface area contributed by atoms with E-state index in [1.807, 2.05) is 12.1 Å². The second-order valence-electron chi connectivity index (χ2n) is 5.13. The first-order chi connectivity index (χ1) is 12.1. The summed E-state index contributed by atoms with van der Waals surface area (Å²) in [4.78, 5) is 12.6. The van der Waals surface area contributed by atoms with Crippen molar-refractivity contribution < 1.29 is 14.3 Å². The van der Waals surface area contributed by atoms with Gasteiger partial charge in [0.2, 0.25) is 0 Å². The fourth-order valence-corrected chi connectivity index (χ4v) is 2.48. The molecule has 1 heterocycles. The van der Waals surface area contributed by atoms with Crippen LogP contribution in [0.15, 0.2) is 54.7 Å². The fourth-order valence-electron chi connectivity index (χ4n) is 2.36. The first-order valence-corrected chi connectivity index (χ1v) is 7.83. The van der Waals surface area contributed by atoms with E-state index in [9.17, 15) is 4.79 Å². The fraction of sp³-hybridized carbons (Fsp3) is 0.111. The molecule has 7 heteroatoms. The van der Waals surface area contributed by atoms with Gasteiger partial charge in [0.15, 0.2) is 0 Å². The molecule has 0 aliphatic carbocycles. The molecule has 0 fully saturated rings. The number of ether oxygens (including phenoxy) is 2. The van der Waals surface area contributed by atoms with Crippen molar-refractivity contribution in [1.29, 1.82) is 0 Å². The molecule has 0 spiro atoms. The normalized spacial score (nSPS) is 10.4. The molecule has 0 bridgehead atoms. The van der Waals surface area contributed by atoms with Gasteiger partial charge in [0.05, 0.1) is 31.7 Å². The number of nitrogens with zero attached hydrogens (tertiary/aromatic N) is 2. The quantitative estimate of drug-likeness (QED) is 0.754. The molecule has 6 nitrogen and oxygen atoms in total. The maximum absolute atomic E-state index is 12.6. The number of aromatic nitrogens is 2. The molecule has 0 aliphatic heterocycles. The highest BCUT2D eigenvalue weighted by Gasteiger charge is 2.16. The molecule has 1 amide bonds. The van der Waals surface area contributed by atoms with E-state index in [1.54, 1.807) is 54.4 Å². The summed E-state index contributed by atoms with van der Waals surface area (Å²) in [7, 11) is 3.06. The van der Waals surface area contributed by atoms with Crippen LogP contribution in [0.5, 0.6) is 11.5 Å². The maximum atomic E-state index is 12.6. The molecule has 1 aromatic heterocycles. The third-order valence-electron chi connectivity index (χ3n) is 3.61. The molecule has 25 heavy (non-hydrogen) atoms. The topological polar surface area (TPSA) is 65.4 Å². The Hall–Kier alpha value is -2.99. The minimum absolute atomic E-state index is 0.310. The third-order valence-corrected chi connectivity index (χ3v) is 3.86. The number of hydrogen-bond acceptors (Lipinski definition) is 4. The van der Waals surface area contributed by atoms with E-state index in [0.717, 1.165) is 5.69 Å². The van der Waals surface area contributed by atoms with Gasteiger partial charge in [-0.1, -0.05) is 11.6 Å². The van der Waals surface area contributed by atoms with Crippen LogP contribution >= 0.6 is 11.6 Å². The molecule has 0 saturated heterocycles. The highest BCUT2D eigenvalue weighted by atomic mass is 35.5. The largest absolute Gasteiger partial charge is 0.497 e. The highest BCUT2D eigenvalue weighted by molar-refractivity contribution is 6.30. The number of benzene rings is 2. The number of rotatable bonds is 5. The Morgan fingerprint density at radius 1 is 1.08 bits per heavy atom. The van der Waals surface area contributed by atoms with Gasteiger partial charge in [-0.3, -0.25) is 4.79 Å².